The zero-order valence-electron chi connectivity index (χ0n) is 10.5. The Morgan fingerprint density at radius 2 is 2.11 bits per heavy atom. The molecule has 0 bridgehead atoms. The number of esters is 1. The quantitative estimate of drug-likeness (QED) is 0.767. The maximum Gasteiger partial charge on any atom is 0.307 e. The first-order valence-electron chi connectivity index (χ1n) is 6.17. The van der Waals surface area contributed by atoms with Crippen molar-refractivity contribution in [3.8, 4) is 0 Å². The van der Waals surface area contributed by atoms with Gasteiger partial charge in [-0.15, -0.1) is 0 Å². The van der Waals surface area contributed by atoms with E-state index in [-0.39, 0.29) is 18.3 Å². The highest BCUT2D eigenvalue weighted by Crippen LogP contribution is 2.26. The Kier molecular flexibility index (Phi) is 3.97. The lowest BCUT2D eigenvalue weighted by Gasteiger charge is -2.22. The van der Waals surface area contributed by atoms with Gasteiger partial charge in [-0.2, -0.15) is 0 Å². The number of aryl methyl sites for hydroxylation is 1. The van der Waals surface area contributed by atoms with Crippen LogP contribution in [-0.4, -0.2) is 25.5 Å². The van der Waals surface area contributed by atoms with E-state index >= 15 is 0 Å². The Morgan fingerprint density at radius 3 is 2.89 bits per heavy atom. The van der Waals surface area contributed by atoms with E-state index in [9.17, 15) is 9.59 Å². The average molecular weight is 247 g/mol. The molecule has 1 aliphatic heterocycles. The molecule has 0 saturated carbocycles. The first-order valence-corrected chi connectivity index (χ1v) is 6.17. The molecular formula is C14H17NO3. The minimum atomic E-state index is -0.287. The summed E-state index contributed by atoms with van der Waals surface area (Å²) < 4.78 is 4.62. The van der Waals surface area contributed by atoms with E-state index in [1.54, 1.807) is 4.90 Å². The topological polar surface area (TPSA) is 46.6 Å². The molecule has 0 aromatic heterocycles. The number of benzene rings is 1. The van der Waals surface area contributed by atoms with Gasteiger partial charge in [-0.25, -0.2) is 0 Å². The van der Waals surface area contributed by atoms with E-state index in [2.05, 4.69) is 4.74 Å². The van der Waals surface area contributed by atoms with Gasteiger partial charge in [-0.05, 0) is 24.5 Å². The van der Waals surface area contributed by atoms with Crippen LogP contribution in [0.4, 0.5) is 5.69 Å². The van der Waals surface area contributed by atoms with Crippen molar-refractivity contribution in [1.29, 1.82) is 0 Å². The maximum absolute atomic E-state index is 12.1. The van der Waals surface area contributed by atoms with Crippen LogP contribution in [0.1, 0.15) is 24.8 Å². The first kappa shape index (κ1) is 12.6. The monoisotopic (exact) mass is 247 g/mol. The van der Waals surface area contributed by atoms with Gasteiger partial charge in [-0.3, -0.25) is 9.59 Å². The molecule has 0 atom stereocenters. The van der Waals surface area contributed by atoms with E-state index in [0.29, 0.717) is 13.0 Å². The summed E-state index contributed by atoms with van der Waals surface area (Å²) in [5.41, 5.74) is 2.11. The molecular weight excluding hydrogens is 230 g/mol. The third-order valence-corrected chi connectivity index (χ3v) is 3.19. The third kappa shape index (κ3) is 2.70. The average Bonchev–Trinajstić information content (AvgIpc) is 2.55. The number of methoxy groups -OCH3 is 1. The fraction of sp³-hybridized carbons (Fsp3) is 0.429. The number of carbonyl (C=O) groups excluding carboxylic acids is 2. The van der Waals surface area contributed by atoms with Gasteiger partial charge < -0.3 is 9.64 Å². The molecule has 0 unspecified atom stereocenters. The molecule has 0 saturated heterocycles. The Morgan fingerprint density at radius 1 is 1.33 bits per heavy atom. The zero-order chi connectivity index (χ0) is 13.0. The molecule has 1 heterocycles. The molecule has 2 rings (SSSR count). The van der Waals surface area contributed by atoms with Crippen LogP contribution in [0.5, 0.6) is 0 Å². The number of nitrogens with zero attached hydrogens (tertiary/aromatic N) is 1. The minimum Gasteiger partial charge on any atom is -0.469 e. The second-order valence-electron chi connectivity index (χ2n) is 4.35. The largest absolute Gasteiger partial charge is 0.469 e. The fourth-order valence-corrected chi connectivity index (χ4v) is 2.24. The highest BCUT2D eigenvalue weighted by molar-refractivity contribution is 5.95. The van der Waals surface area contributed by atoms with Crippen LogP contribution in [0.15, 0.2) is 24.3 Å². The lowest BCUT2D eigenvalue weighted by Crippen LogP contribution is -2.32. The van der Waals surface area contributed by atoms with Crippen LogP contribution in [0.2, 0.25) is 0 Å². The molecule has 96 valence electrons. The molecule has 4 heteroatoms. The zero-order valence-corrected chi connectivity index (χ0v) is 10.5. The summed E-state index contributed by atoms with van der Waals surface area (Å²) in [5.74, 6) is -0.201. The molecule has 0 N–H and O–H groups in total. The second-order valence-corrected chi connectivity index (χ2v) is 4.35. The highest BCUT2D eigenvalue weighted by atomic mass is 16.5. The SMILES string of the molecule is COC(=O)CCN1C(=O)CCCc2ccccc21. The third-order valence-electron chi connectivity index (χ3n) is 3.19. The van der Waals surface area contributed by atoms with Crippen LogP contribution >= 0.6 is 0 Å². The van der Waals surface area contributed by atoms with Crippen LogP contribution in [-0.2, 0) is 20.7 Å². The molecule has 4 nitrogen and oxygen atoms in total. The van der Waals surface area contributed by atoms with Crippen molar-refractivity contribution in [2.24, 2.45) is 0 Å². The van der Waals surface area contributed by atoms with E-state index in [4.69, 9.17) is 0 Å². The van der Waals surface area contributed by atoms with Gasteiger partial charge in [0.15, 0.2) is 0 Å². The number of amides is 1. The maximum atomic E-state index is 12.1. The molecule has 0 radical (unpaired) electrons. The number of anilines is 1. The Labute approximate surface area is 107 Å². The number of para-hydroxylation sites is 1. The van der Waals surface area contributed by atoms with Crippen molar-refractivity contribution in [1.82, 2.24) is 0 Å². The van der Waals surface area contributed by atoms with Crippen LogP contribution in [0.25, 0.3) is 0 Å². The second kappa shape index (κ2) is 5.67. The van der Waals surface area contributed by atoms with E-state index in [1.807, 2.05) is 24.3 Å². The molecule has 0 fully saturated rings. The van der Waals surface area contributed by atoms with Crippen LogP contribution in [0, 0.1) is 0 Å². The summed E-state index contributed by atoms with van der Waals surface area (Å²) in [5, 5.41) is 0. The number of hydrogen-bond donors (Lipinski definition) is 0. The Bertz CT molecular complexity index is 456. The van der Waals surface area contributed by atoms with E-state index in [0.717, 1.165) is 18.5 Å². The standard InChI is InChI=1S/C14H17NO3/c1-18-14(17)9-10-15-12-7-3-2-5-11(12)6-4-8-13(15)16/h2-3,5,7H,4,6,8-10H2,1H3. The molecule has 1 aromatic rings. The van der Waals surface area contributed by atoms with Gasteiger partial charge >= 0.3 is 5.97 Å². The van der Waals surface area contributed by atoms with Crippen molar-refractivity contribution in [2.75, 3.05) is 18.6 Å². The van der Waals surface area contributed by atoms with Crippen molar-refractivity contribution in [2.45, 2.75) is 25.7 Å². The smallest absolute Gasteiger partial charge is 0.307 e. The molecule has 18 heavy (non-hydrogen) atoms. The number of rotatable bonds is 3. The normalized spacial score (nSPS) is 14.9. The summed E-state index contributed by atoms with van der Waals surface area (Å²) in [6.45, 7) is 0.391. The number of fused-ring (bicyclic) bond motifs is 1. The summed E-state index contributed by atoms with van der Waals surface area (Å²) in [7, 11) is 1.36. The minimum absolute atomic E-state index is 0.0869. The summed E-state index contributed by atoms with van der Waals surface area (Å²) >= 11 is 0. The van der Waals surface area contributed by atoms with Gasteiger partial charge in [0.2, 0.25) is 5.91 Å². The van der Waals surface area contributed by atoms with E-state index in [1.165, 1.54) is 12.7 Å². The number of hydrogen-bond acceptors (Lipinski definition) is 3. The molecule has 0 spiro atoms. The van der Waals surface area contributed by atoms with Gasteiger partial charge in [-0.1, -0.05) is 18.2 Å². The van der Waals surface area contributed by atoms with Crippen LogP contribution in [0.3, 0.4) is 0 Å². The number of ether oxygens (including phenoxy) is 1. The first-order chi connectivity index (χ1) is 8.72. The van der Waals surface area contributed by atoms with Crippen molar-refractivity contribution < 1.29 is 14.3 Å². The summed E-state index contributed by atoms with van der Waals surface area (Å²) in [6, 6.07) is 7.88. The number of carbonyl (C=O) groups is 2. The van der Waals surface area contributed by atoms with Crippen molar-refractivity contribution in [3.05, 3.63) is 29.8 Å². The van der Waals surface area contributed by atoms with Gasteiger partial charge in [0.1, 0.15) is 0 Å². The van der Waals surface area contributed by atoms with Crippen LogP contribution < -0.4 is 4.90 Å². The lowest BCUT2D eigenvalue weighted by molar-refractivity contribution is -0.140. The molecule has 1 aromatic carbocycles. The van der Waals surface area contributed by atoms with Gasteiger partial charge in [0, 0.05) is 18.7 Å². The predicted octanol–water partition coefficient (Wildman–Crippen LogP) is 1.92. The lowest BCUT2D eigenvalue weighted by atomic mass is 10.1. The Balaban J connectivity index is 2.20. The summed E-state index contributed by atoms with van der Waals surface area (Å²) in [6.07, 6.45) is 2.55. The van der Waals surface area contributed by atoms with Gasteiger partial charge in [0.25, 0.3) is 0 Å². The molecule has 0 aliphatic carbocycles. The predicted molar refractivity (Wildman–Crippen MR) is 68.4 cm³/mol. The highest BCUT2D eigenvalue weighted by Gasteiger charge is 2.22. The summed E-state index contributed by atoms with van der Waals surface area (Å²) in [4.78, 5) is 25.0. The van der Waals surface area contributed by atoms with Crippen molar-refractivity contribution in [3.63, 3.8) is 0 Å². The fourth-order valence-electron chi connectivity index (χ4n) is 2.24. The van der Waals surface area contributed by atoms with Gasteiger partial charge in [0.05, 0.1) is 13.5 Å². The van der Waals surface area contributed by atoms with Crippen molar-refractivity contribution >= 4 is 17.6 Å². The Hall–Kier alpha value is -1.84. The van der Waals surface area contributed by atoms with E-state index < -0.39 is 0 Å². The molecule has 1 amide bonds. The molecule has 1 aliphatic rings.